The Bertz CT molecular complexity index is 762. The molecule has 1 N–H and O–H groups in total. The molecule has 0 bridgehead atoms. The van der Waals surface area contributed by atoms with Gasteiger partial charge < -0.3 is 14.6 Å². The van der Waals surface area contributed by atoms with Gasteiger partial charge in [0.25, 0.3) is 5.91 Å². The maximum Gasteiger partial charge on any atom is 0.257 e. The van der Waals surface area contributed by atoms with Crippen LogP contribution in [0.1, 0.15) is 79.2 Å². The van der Waals surface area contributed by atoms with Crippen molar-refractivity contribution in [3.8, 4) is 0 Å². The van der Waals surface area contributed by atoms with Crippen LogP contribution in [0, 0.1) is 6.92 Å². The van der Waals surface area contributed by atoms with Gasteiger partial charge >= 0.3 is 0 Å². The van der Waals surface area contributed by atoms with Crippen LogP contribution in [-0.4, -0.2) is 27.6 Å². The van der Waals surface area contributed by atoms with Crippen molar-refractivity contribution < 1.29 is 14.1 Å². The van der Waals surface area contributed by atoms with Crippen molar-refractivity contribution in [3.05, 3.63) is 40.8 Å². The predicted octanol–water partition coefficient (Wildman–Crippen LogP) is 3.24. The molecule has 0 saturated carbocycles. The number of aryl methyl sites for hydroxylation is 1. The Morgan fingerprint density at radius 1 is 1.31 bits per heavy atom. The zero-order valence-corrected chi connectivity index (χ0v) is 15.8. The number of carbonyl (C=O) groups excluding carboxylic acids is 1. The van der Waals surface area contributed by atoms with Gasteiger partial charge in [-0.1, -0.05) is 19.0 Å². The predicted molar refractivity (Wildman–Crippen MR) is 95.7 cm³/mol. The maximum absolute atomic E-state index is 12.5. The van der Waals surface area contributed by atoms with Crippen molar-refractivity contribution in [2.75, 3.05) is 6.61 Å². The van der Waals surface area contributed by atoms with Gasteiger partial charge in [-0.25, -0.2) is 9.97 Å². The molecule has 1 amide bonds. The minimum atomic E-state index is -0.411. The Labute approximate surface area is 153 Å². The summed E-state index contributed by atoms with van der Waals surface area (Å²) in [5.41, 5.74) is 1.61. The number of aromatic nitrogens is 3. The zero-order chi connectivity index (χ0) is 18.7. The molecule has 1 aliphatic heterocycles. The lowest BCUT2D eigenvalue weighted by Crippen LogP contribution is -2.32. The monoisotopic (exact) mass is 358 g/mol. The van der Waals surface area contributed by atoms with Crippen molar-refractivity contribution in [2.24, 2.45) is 0 Å². The minimum absolute atomic E-state index is 0.118. The van der Waals surface area contributed by atoms with Crippen molar-refractivity contribution in [2.45, 2.75) is 65.0 Å². The molecule has 0 aliphatic carbocycles. The third-order valence-corrected chi connectivity index (χ3v) is 4.76. The molecule has 0 spiro atoms. The topological polar surface area (TPSA) is 90.1 Å². The lowest BCUT2D eigenvalue weighted by molar-refractivity contribution is -0.0760. The molecule has 7 heteroatoms. The largest absolute Gasteiger partial charge is 0.367 e. The Kier molecular flexibility index (Phi) is 5.36. The number of carbonyl (C=O) groups is 1. The molecular weight excluding hydrogens is 332 g/mol. The number of rotatable bonds is 5. The van der Waals surface area contributed by atoms with Gasteiger partial charge in [0.1, 0.15) is 16.9 Å². The van der Waals surface area contributed by atoms with Crippen LogP contribution in [0.25, 0.3) is 0 Å². The Morgan fingerprint density at radius 2 is 2.04 bits per heavy atom. The molecule has 2 aromatic rings. The first kappa shape index (κ1) is 18.5. The third-order valence-electron chi connectivity index (χ3n) is 4.76. The van der Waals surface area contributed by atoms with Crippen LogP contribution in [0.3, 0.4) is 0 Å². The Balaban J connectivity index is 1.65. The number of ether oxygens (including phenoxy) is 1. The fourth-order valence-electron chi connectivity index (χ4n) is 3.16. The summed E-state index contributed by atoms with van der Waals surface area (Å²) < 4.78 is 11.0. The van der Waals surface area contributed by atoms with Crippen LogP contribution in [-0.2, 0) is 16.9 Å². The van der Waals surface area contributed by atoms with E-state index in [4.69, 9.17) is 9.26 Å². The lowest BCUT2D eigenvalue weighted by Gasteiger charge is -2.32. The average molecular weight is 358 g/mol. The highest BCUT2D eigenvalue weighted by Gasteiger charge is 2.32. The Hall–Kier alpha value is -2.28. The van der Waals surface area contributed by atoms with E-state index < -0.39 is 5.60 Å². The fraction of sp³-hybridized carbons (Fsp3) is 0.579. The van der Waals surface area contributed by atoms with E-state index in [1.165, 1.54) is 0 Å². The molecule has 1 aliphatic rings. The van der Waals surface area contributed by atoms with E-state index in [1.54, 1.807) is 19.3 Å². The fourth-order valence-corrected chi connectivity index (χ4v) is 3.16. The van der Waals surface area contributed by atoms with Crippen LogP contribution in [0.2, 0.25) is 0 Å². The van der Waals surface area contributed by atoms with Gasteiger partial charge in [0.05, 0.1) is 5.69 Å². The summed E-state index contributed by atoms with van der Waals surface area (Å²) in [6, 6.07) is 0. The SMILES string of the molecule is Cc1onc(C(C)C)c1C(=O)NCc1cnc(C2(C)CCCCO2)nc1. The number of amides is 1. The van der Waals surface area contributed by atoms with Gasteiger partial charge in [-0.15, -0.1) is 0 Å². The summed E-state index contributed by atoms with van der Waals surface area (Å²) in [5, 5.41) is 6.88. The molecule has 0 radical (unpaired) electrons. The van der Waals surface area contributed by atoms with Crippen LogP contribution < -0.4 is 5.32 Å². The third kappa shape index (κ3) is 3.77. The van der Waals surface area contributed by atoms with E-state index in [1.807, 2.05) is 20.8 Å². The molecule has 140 valence electrons. The molecule has 0 aromatic carbocycles. The van der Waals surface area contributed by atoms with Gasteiger partial charge in [0.15, 0.2) is 5.82 Å². The van der Waals surface area contributed by atoms with Crippen molar-refractivity contribution >= 4 is 5.91 Å². The number of nitrogens with one attached hydrogen (secondary N) is 1. The van der Waals surface area contributed by atoms with E-state index >= 15 is 0 Å². The molecule has 1 unspecified atom stereocenters. The highest BCUT2D eigenvalue weighted by Crippen LogP contribution is 2.32. The molecule has 2 aromatic heterocycles. The van der Waals surface area contributed by atoms with Crippen LogP contribution in [0.15, 0.2) is 16.9 Å². The van der Waals surface area contributed by atoms with Gasteiger partial charge in [-0.05, 0) is 39.0 Å². The first-order chi connectivity index (χ1) is 12.4. The number of hydrogen-bond acceptors (Lipinski definition) is 6. The van der Waals surface area contributed by atoms with E-state index in [0.29, 0.717) is 29.4 Å². The molecule has 1 saturated heterocycles. The highest BCUT2D eigenvalue weighted by atomic mass is 16.5. The Morgan fingerprint density at radius 3 is 2.65 bits per heavy atom. The number of nitrogens with zero attached hydrogens (tertiary/aromatic N) is 3. The second kappa shape index (κ2) is 7.53. The molecular formula is C19H26N4O3. The summed E-state index contributed by atoms with van der Waals surface area (Å²) >= 11 is 0. The molecule has 7 nitrogen and oxygen atoms in total. The van der Waals surface area contributed by atoms with Crippen LogP contribution in [0.5, 0.6) is 0 Å². The van der Waals surface area contributed by atoms with Crippen molar-refractivity contribution in [1.82, 2.24) is 20.4 Å². The number of hydrogen-bond donors (Lipinski definition) is 1. The van der Waals surface area contributed by atoms with Gasteiger partial charge in [-0.3, -0.25) is 4.79 Å². The van der Waals surface area contributed by atoms with Gasteiger partial charge in [0, 0.05) is 31.1 Å². The maximum atomic E-state index is 12.5. The van der Waals surface area contributed by atoms with Gasteiger partial charge in [-0.2, -0.15) is 0 Å². The average Bonchev–Trinajstić information content (AvgIpc) is 3.03. The van der Waals surface area contributed by atoms with Crippen molar-refractivity contribution in [3.63, 3.8) is 0 Å². The van der Waals surface area contributed by atoms with E-state index in [9.17, 15) is 4.79 Å². The summed E-state index contributed by atoms with van der Waals surface area (Å²) in [6.07, 6.45) is 6.62. The summed E-state index contributed by atoms with van der Waals surface area (Å²) in [7, 11) is 0. The lowest BCUT2D eigenvalue weighted by atomic mass is 9.95. The van der Waals surface area contributed by atoms with E-state index in [2.05, 4.69) is 20.4 Å². The van der Waals surface area contributed by atoms with Crippen LogP contribution >= 0.6 is 0 Å². The zero-order valence-electron chi connectivity index (χ0n) is 15.8. The second-order valence-corrected chi connectivity index (χ2v) is 7.29. The van der Waals surface area contributed by atoms with Gasteiger partial charge in [0.2, 0.25) is 0 Å². The first-order valence-corrected chi connectivity index (χ1v) is 9.10. The molecule has 1 atom stereocenters. The molecule has 3 rings (SSSR count). The molecule has 1 fully saturated rings. The minimum Gasteiger partial charge on any atom is -0.367 e. The molecule has 3 heterocycles. The summed E-state index contributed by atoms with van der Waals surface area (Å²) in [6.45, 7) is 8.83. The normalized spacial score (nSPS) is 20.3. The summed E-state index contributed by atoms with van der Waals surface area (Å²) in [5.74, 6) is 1.15. The van der Waals surface area contributed by atoms with E-state index in [0.717, 1.165) is 31.4 Å². The second-order valence-electron chi connectivity index (χ2n) is 7.29. The first-order valence-electron chi connectivity index (χ1n) is 9.10. The van der Waals surface area contributed by atoms with Crippen molar-refractivity contribution in [1.29, 1.82) is 0 Å². The smallest absolute Gasteiger partial charge is 0.257 e. The highest BCUT2D eigenvalue weighted by molar-refractivity contribution is 5.96. The molecule has 26 heavy (non-hydrogen) atoms. The summed E-state index contributed by atoms with van der Waals surface area (Å²) in [4.78, 5) is 21.4. The van der Waals surface area contributed by atoms with E-state index in [-0.39, 0.29) is 11.8 Å². The standard InChI is InChI=1S/C19H26N4O3/c1-12(2)16-15(13(3)26-23-16)17(24)20-9-14-10-21-18(22-11-14)19(4)7-5-6-8-25-19/h10-12H,5-9H2,1-4H3,(H,20,24). The quantitative estimate of drug-likeness (QED) is 0.882. The van der Waals surface area contributed by atoms with Crippen LogP contribution in [0.4, 0.5) is 0 Å².